The summed E-state index contributed by atoms with van der Waals surface area (Å²) >= 11 is 0. The summed E-state index contributed by atoms with van der Waals surface area (Å²) in [5.41, 5.74) is 0. The number of carboxylic acids is 1. The average Bonchev–Trinajstić information content (AvgIpc) is 2.42. The number of hydrogen-bond acceptors (Lipinski definition) is 5. The normalized spacial score (nSPS) is 11.4. The van der Waals surface area contributed by atoms with E-state index in [2.05, 4.69) is 6.58 Å². The Morgan fingerprint density at radius 2 is 1.90 bits per heavy atom. The third kappa shape index (κ3) is 11.3. The average molecular weight is 286 g/mol. The number of esters is 2. The number of hydrogen-bond donors (Lipinski definition) is 1. The van der Waals surface area contributed by atoms with Crippen molar-refractivity contribution in [2.45, 2.75) is 39.0 Å². The molecule has 0 heterocycles. The number of carboxylic acid groups (broad SMARTS) is 1. The summed E-state index contributed by atoms with van der Waals surface area (Å²) in [6, 6.07) is 0. The van der Waals surface area contributed by atoms with Gasteiger partial charge < -0.3 is 14.6 Å². The second-order valence-corrected chi connectivity index (χ2v) is 4.55. The second-order valence-electron chi connectivity index (χ2n) is 4.55. The molecule has 0 aromatic rings. The topological polar surface area (TPSA) is 89.9 Å². The van der Waals surface area contributed by atoms with Crippen LogP contribution in [0.1, 0.15) is 39.0 Å². The maximum atomic E-state index is 11.2. The zero-order valence-corrected chi connectivity index (χ0v) is 11.8. The predicted molar refractivity (Wildman–Crippen MR) is 72.0 cm³/mol. The highest BCUT2D eigenvalue weighted by atomic mass is 16.5. The Labute approximate surface area is 118 Å². The van der Waals surface area contributed by atoms with Crippen molar-refractivity contribution >= 4 is 17.9 Å². The second kappa shape index (κ2) is 11.0. The largest absolute Gasteiger partial charge is 0.481 e. The maximum absolute atomic E-state index is 11.2. The minimum absolute atomic E-state index is 0.0977. The third-order valence-corrected chi connectivity index (χ3v) is 2.57. The van der Waals surface area contributed by atoms with Crippen LogP contribution in [0.2, 0.25) is 0 Å². The van der Waals surface area contributed by atoms with Gasteiger partial charge in [0.1, 0.15) is 0 Å². The van der Waals surface area contributed by atoms with Crippen LogP contribution in [0, 0.1) is 5.92 Å². The summed E-state index contributed by atoms with van der Waals surface area (Å²) in [6.07, 6.45) is 3.27. The molecule has 0 aliphatic rings. The molecule has 20 heavy (non-hydrogen) atoms. The van der Waals surface area contributed by atoms with Crippen LogP contribution in [-0.2, 0) is 23.9 Å². The van der Waals surface area contributed by atoms with E-state index in [1.165, 1.54) is 0 Å². The standard InChI is InChI=1S/C14H22O6/c1-3-13(17)19-9-5-4-6-11(2)10-20-14(18)8-7-12(15)16/h3,11H,1,4-10H2,2H3,(H,15,16). The summed E-state index contributed by atoms with van der Waals surface area (Å²) < 4.78 is 9.79. The van der Waals surface area contributed by atoms with Gasteiger partial charge in [-0.15, -0.1) is 0 Å². The van der Waals surface area contributed by atoms with Crippen LogP contribution in [0.25, 0.3) is 0 Å². The summed E-state index contributed by atoms with van der Waals surface area (Å²) in [5, 5.41) is 8.41. The van der Waals surface area contributed by atoms with Crippen LogP contribution in [0.5, 0.6) is 0 Å². The van der Waals surface area contributed by atoms with Gasteiger partial charge in [0.15, 0.2) is 0 Å². The molecule has 0 aliphatic carbocycles. The van der Waals surface area contributed by atoms with Crippen molar-refractivity contribution < 1.29 is 29.0 Å². The number of carbonyl (C=O) groups is 3. The molecule has 114 valence electrons. The SMILES string of the molecule is C=CC(=O)OCCCCC(C)COC(=O)CCC(=O)O. The molecule has 0 saturated heterocycles. The van der Waals surface area contributed by atoms with Gasteiger partial charge in [0.2, 0.25) is 0 Å². The van der Waals surface area contributed by atoms with Crippen LogP contribution in [0.15, 0.2) is 12.7 Å². The third-order valence-electron chi connectivity index (χ3n) is 2.57. The predicted octanol–water partition coefficient (Wildman–Crippen LogP) is 1.93. The molecule has 0 amide bonds. The highest BCUT2D eigenvalue weighted by Crippen LogP contribution is 2.09. The summed E-state index contributed by atoms with van der Waals surface area (Å²) in [4.78, 5) is 32.2. The first-order chi connectivity index (χ1) is 9.45. The Balaban J connectivity index is 3.51. The highest BCUT2D eigenvalue weighted by Gasteiger charge is 2.09. The summed E-state index contributed by atoms with van der Waals surface area (Å²) in [6.45, 7) is 5.88. The lowest BCUT2D eigenvalue weighted by atomic mass is 10.1. The molecular formula is C14H22O6. The van der Waals surface area contributed by atoms with Gasteiger partial charge in [-0.25, -0.2) is 4.79 Å². The molecule has 1 atom stereocenters. The Morgan fingerprint density at radius 3 is 2.50 bits per heavy atom. The zero-order chi connectivity index (χ0) is 15.4. The number of ether oxygens (including phenoxy) is 2. The van der Waals surface area contributed by atoms with E-state index in [1.54, 1.807) is 0 Å². The molecule has 0 fully saturated rings. The lowest BCUT2D eigenvalue weighted by molar-refractivity contribution is -0.148. The van der Waals surface area contributed by atoms with Gasteiger partial charge in [0.05, 0.1) is 26.1 Å². The maximum Gasteiger partial charge on any atom is 0.330 e. The Kier molecular flexibility index (Phi) is 10.00. The Bertz CT molecular complexity index is 337. The molecule has 0 spiro atoms. The minimum atomic E-state index is -1.01. The first-order valence-corrected chi connectivity index (χ1v) is 6.62. The fraction of sp³-hybridized carbons (Fsp3) is 0.643. The van der Waals surface area contributed by atoms with Crippen molar-refractivity contribution in [3.05, 3.63) is 12.7 Å². The number of rotatable bonds is 11. The van der Waals surface area contributed by atoms with Gasteiger partial charge in [-0.2, -0.15) is 0 Å². The lowest BCUT2D eigenvalue weighted by Gasteiger charge is -2.11. The van der Waals surface area contributed by atoms with Gasteiger partial charge >= 0.3 is 17.9 Å². The summed E-state index contributed by atoms with van der Waals surface area (Å²) in [7, 11) is 0. The van der Waals surface area contributed by atoms with Crippen LogP contribution in [-0.4, -0.2) is 36.2 Å². The fourth-order valence-electron chi connectivity index (χ4n) is 1.43. The molecule has 1 unspecified atom stereocenters. The van der Waals surface area contributed by atoms with E-state index in [0.29, 0.717) is 6.61 Å². The number of aliphatic carboxylic acids is 1. The molecule has 0 aromatic heterocycles. The first-order valence-electron chi connectivity index (χ1n) is 6.62. The molecule has 0 bridgehead atoms. The molecule has 0 aromatic carbocycles. The molecule has 0 aliphatic heterocycles. The van der Waals surface area contributed by atoms with Gasteiger partial charge in [0, 0.05) is 6.08 Å². The lowest BCUT2D eigenvalue weighted by Crippen LogP contribution is -2.13. The molecule has 0 radical (unpaired) electrons. The van der Waals surface area contributed by atoms with E-state index < -0.39 is 17.9 Å². The van der Waals surface area contributed by atoms with E-state index >= 15 is 0 Å². The van der Waals surface area contributed by atoms with Crippen LogP contribution in [0.3, 0.4) is 0 Å². The first kappa shape index (κ1) is 18.1. The van der Waals surface area contributed by atoms with Crippen molar-refractivity contribution in [3.8, 4) is 0 Å². The monoisotopic (exact) mass is 286 g/mol. The van der Waals surface area contributed by atoms with Crippen LogP contribution in [0.4, 0.5) is 0 Å². The zero-order valence-electron chi connectivity index (χ0n) is 11.8. The molecule has 6 heteroatoms. The van der Waals surface area contributed by atoms with E-state index in [-0.39, 0.29) is 25.4 Å². The van der Waals surface area contributed by atoms with E-state index in [1.807, 2.05) is 6.92 Å². The van der Waals surface area contributed by atoms with Gasteiger partial charge in [0.25, 0.3) is 0 Å². The Hall–Kier alpha value is -1.85. The molecule has 1 N–H and O–H groups in total. The molecule has 6 nitrogen and oxygen atoms in total. The van der Waals surface area contributed by atoms with Crippen molar-refractivity contribution in [2.24, 2.45) is 5.92 Å². The van der Waals surface area contributed by atoms with Crippen molar-refractivity contribution in [3.63, 3.8) is 0 Å². The quantitative estimate of drug-likeness (QED) is 0.354. The van der Waals surface area contributed by atoms with E-state index in [0.717, 1.165) is 25.3 Å². The molecule has 0 rings (SSSR count). The fourth-order valence-corrected chi connectivity index (χ4v) is 1.43. The summed E-state index contributed by atoms with van der Waals surface area (Å²) in [5.74, 6) is -1.73. The highest BCUT2D eigenvalue weighted by molar-refractivity contribution is 5.81. The van der Waals surface area contributed by atoms with Gasteiger partial charge in [-0.3, -0.25) is 9.59 Å². The van der Waals surface area contributed by atoms with Crippen molar-refractivity contribution in [1.82, 2.24) is 0 Å². The van der Waals surface area contributed by atoms with Crippen LogP contribution >= 0.6 is 0 Å². The minimum Gasteiger partial charge on any atom is -0.481 e. The van der Waals surface area contributed by atoms with Gasteiger partial charge in [-0.05, 0) is 25.2 Å². The Morgan fingerprint density at radius 1 is 1.20 bits per heavy atom. The van der Waals surface area contributed by atoms with Crippen molar-refractivity contribution in [2.75, 3.05) is 13.2 Å². The van der Waals surface area contributed by atoms with Crippen LogP contribution < -0.4 is 0 Å². The number of unbranched alkanes of at least 4 members (excludes halogenated alkanes) is 1. The van der Waals surface area contributed by atoms with E-state index in [4.69, 9.17) is 14.6 Å². The van der Waals surface area contributed by atoms with Gasteiger partial charge in [-0.1, -0.05) is 13.5 Å². The smallest absolute Gasteiger partial charge is 0.330 e. The molecule has 0 saturated carbocycles. The number of carbonyl (C=O) groups excluding carboxylic acids is 2. The molecular weight excluding hydrogens is 264 g/mol. The van der Waals surface area contributed by atoms with Crippen molar-refractivity contribution in [1.29, 1.82) is 0 Å². The van der Waals surface area contributed by atoms with E-state index in [9.17, 15) is 14.4 Å².